The second kappa shape index (κ2) is 6.03. The van der Waals surface area contributed by atoms with Crippen molar-refractivity contribution in [2.24, 2.45) is 5.92 Å². The van der Waals surface area contributed by atoms with Gasteiger partial charge >= 0.3 is 6.09 Å². The summed E-state index contributed by atoms with van der Waals surface area (Å²) in [5, 5.41) is 0. The van der Waals surface area contributed by atoms with Crippen LogP contribution in [0.3, 0.4) is 0 Å². The van der Waals surface area contributed by atoms with Gasteiger partial charge in [-0.25, -0.2) is 9.69 Å². The Kier molecular flexibility index (Phi) is 4.12. The van der Waals surface area contributed by atoms with E-state index in [0.717, 1.165) is 17.7 Å². The van der Waals surface area contributed by atoms with Crippen molar-refractivity contribution in [2.75, 3.05) is 26.4 Å². The number of fused-ring (bicyclic) bond motifs is 1. The summed E-state index contributed by atoms with van der Waals surface area (Å²) < 4.78 is 21.7. The van der Waals surface area contributed by atoms with Gasteiger partial charge in [-0.1, -0.05) is 0 Å². The Labute approximate surface area is 122 Å². The molecule has 0 N–H and O–H groups in total. The molecule has 0 aromatic rings. The van der Waals surface area contributed by atoms with Gasteiger partial charge in [0.1, 0.15) is 6.61 Å². The molecule has 3 rings (SSSR count). The molecule has 3 heterocycles. The van der Waals surface area contributed by atoms with Gasteiger partial charge in [0, 0.05) is 6.61 Å². The molecule has 0 bridgehead atoms. The minimum Gasteiger partial charge on any atom is -0.459 e. The number of carbonyl (C=O) groups is 2. The van der Waals surface area contributed by atoms with Crippen molar-refractivity contribution < 1.29 is 28.5 Å². The van der Waals surface area contributed by atoms with E-state index in [0.29, 0.717) is 13.2 Å². The molecule has 2 amide bonds. The predicted molar refractivity (Wildman–Crippen MR) is 70.1 cm³/mol. The molecule has 0 saturated carbocycles. The van der Waals surface area contributed by atoms with Crippen LogP contribution in [0.1, 0.15) is 19.8 Å². The Morgan fingerprint density at radius 1 is 1.48 bits per heavy atom. The standard InChI is InChI=1S/C14H19NO6/c1-2-18-10-8-11(12(16)15-5-7-20-14(15)17)21-13-9(10)4-3-6-19-13/h8-10,13H,2-7H2,1H3/t9-,10-,13+/m1/s1. The molecule has 0 aliphatic carbocycles. The van der Waals surface area contributed by atoms with Crippen molar-refractivity contribution in [1.29, 1.82) is 0 Å². The van der Waals surface area contributed by atoms with Gasteiger partial charge in [0.2, 0.25) is 6.29 Å². The molecule has 2 saturated heterocycles. The monoisotopic (exact) mass is 297 g/mol. The summed E-state index contributed by atoms with van der Waals surface area (Å²) >= 11 is 0. The first-order valence-electron chi connectivity index (χ1n) is 7.31. The maximum Gasteiger partial charge on any atom is 0.417 e. The number of hydrogen-bond acceptors (Lipinski definition) is 6. The molecule has 3 atom stereocenters. The zero-order valence-electron chi connectivity index (χ0n) is 11.9. The highest BCUT2D eigenvalue weighted by atomic mass is 16.7. The molecule has 0 radical (unpaired) electrons. The Morgan fingerprint density at radius 2 is 2.33 bits per heavy atom. The lowest BCUT2D eigenvalue weighted by Gasteiger charge is -2.39. The van der Waals surface area contributed by atoms with E-state index in [4.69, 9.17) is 18.9 Å². The molecule has 0 aromatic carbocycles. The largest absolute Gasteiger partial charge is 0.459 e. The lowest BCUT2D eigenvalue weighted by Crippen LogP contribution is -2.45. The first-order chi connectivity index (χ1) is 10.2. The van der Waals surface area contributed by atoms with Gasteiger partial charge < -0.3 is 18.9 Å². The molecule has 0 unspecified atom stereocenters. The number of imide groups is 1. The van der Waals surface area contributed by atoms with Crippen molar-refractivity contribution in [3.05, 3.63) is 11.8 Å². The number of amides is 2. The fourth-order valence-corrected chi connectivity index (χ4v) is 2.85. The zero-order chi connectivity index (χ0) is 14.8. The van der Waals surface area contributed by atoms with Crippen LogP contribution in [0.4, 0.5) is 4.79 Å². The van der Waals surface area contributed by atoms with Crippen molar-refractivity contribution >= 4 is 12.0 Å². The predicted octanol–water partition coefficient (Wildman–Crippen LogP) is 1.04. The van der Waals surface area contributed by atoms with Crippen LogP contribution in [0, 0.1) is 5.92 Å². The van der Waals surface area contributed by atoms with Gasteiger partial charge in [-0.05, 0) is 25.8 Å². The average molecular weight is 297 g/mol. The number of cyclic esters (lactones) is 1. The van der Waals surface area contributed by atoms with Crippen molar-refractivity contribution in [3.8, 4) is 0 Å². The summed E-state index contributed by atoms with van der Waals surface area (Å²) in [7, 11) is 0. The van der Waals surface area contributed by atoms with Crippen molar-refractivity contribution in [2.45, 2.75) is 32.2 Å². The van der Waals surface area contributed by atoms with E-state index in [1.165, 1.54) is 0 Å². The molecule has 0 spiro atoms. The second-order valence-corrected chi connectivity index (χ2v) is 5.19. The van der Waals surface area contributed by atoms with Crippen LogP contribution in [0.5, 0.6) is 0 Å². The fraction of sp³-hybridized carbons (Fsp3) is 0.714. The first-order valence-corrected chi connectivity index (χ1v) is 7.31. The highest BCUT2D eigenvalue weighted by Gasteiger charge is 2.42. The topological polar surface area (TPSA) is 74.3 Å². The van der Waals surface area contributed by atoms with Crippen LogP contribution in [-0.2, 0) is 23.7 Å². The summed E-state index contributed by atoms with van der Waals surface area (Å²) in [5.41, 5.74) is 0. The Morgan fingerprint density at radius 3 is 3.05 bits per heavy atom. The van der Waals surface area contributed by atoms with Gasteiger partial charge in [-0.3, -0.25) is 4.79 Å². The summed E-state index contributed by atoms with van der Waals surface area (Å²) in [4.78, 5) is 24.9. The molecule has 0 aromatic heterocycles. The molecule has 2 fully saturated rings. The number of nitrogens with zero attached hydrogens (tertiary/aromatic N) is 1. The van der Waals surface area contributed by atoms with Crippen LogP contribution in [0.2, 0.25) is 0 Å². The number of ether oxygens (including phenoxy) is 4. The van der Waals surface area contributed by atoms with Crippen LogP contribution >= 0.6 is 0 Å². The lowest BCUT2D eigenvalue weighted by atomic mass is 9.91. The molecular formula is C14H19NO6. The van der Waals surface area contributed by atoms with Crippen LogP contribution in [-0.4, -0.2) is 55.7 Å². The minimum absolute atomic E-state index is 0.0841. The molecule has 116 valence electrons. The van der Waals surface area contributed by atoms with E-state index in [1.807, 2.05) is 6.92 Å². The third kappa shape index (κ3) is 2.75. The van der Waals surface area contributed by atoms with Gasteiger partial charge in [-0.15, -0.1) is 0 Å². The zero-order valence-corrected chi connectivity index (χ0v) is 11.9. The van der Waals surface area contributed by atoms with E-state index in [1.54, 1.807) is 6.08 Å². The van der Waals surface area contributed by atoms with Crippen LogP contribution in [0.15, 0.2) is 11.8 Å². The quantitative estimate of drug-likeness (QED) is 0.775. The molecule has 3 aliphatic rings. The Bertz CT molecular complexity index is 462. The smallest absolute Gasteiger partial charge is 0.417 e. The number of carbonyl (C=O) groups excluding carboxylic acids is 2. The van der Waals surface area contributed by atoms with Gasteiger partial charge in [0.05, 0.1) is 25.2 Å². The van der Waals surface area contributed by atoms with Gasteiger partial charge in [-0.2, -0.15) is 0 Å². The maximum atomic E-state index is 12.4. The average Bonchev–Trinajstić information content (AvgIpc) is 2.93. The van der Waals surface area contributed by atoms with Gasteiger partial charge in [0.15, 0.2) is 5.76 Å². The van der Waals surface area contributed by atoms with E-state index in [9.17, 15) is 9.59 Å². The first kappa shape index (κ1) is 14.3. The molecule has 3 aliphatic heterocycles. The number of hydrogen-bond donors (Lipinski definition) is 0. The molecule has 21 heavy (non-hydrogen) atoms. The van der Waals surface area contributed by atoms with Crippen LogP contribution in [0.25, 0.3) is 0 Å². The van der Waals surface area contributed by atoms with E-state index in [-0.39, 0.29) is 30.9 Å². The summed E-state index contributed by atoms with van der Waals surface area (Å²) in [6.07, 6.45) is 2.18. The molecule has 7 heteroatoms. The Hall–Kier alpha value is -1.60. The van der Waals surface area contributed by atoms with E-state index < -0.39 is 18.3 Å². The van der Waals surface area contributed by atoms with Gasteiger partial charge in [0.25, 0.3) is 5.91 Å². The SMILES string of the molecule is CCO[C@@H]1C=C(C(=O)N2CCOC2=O)O[C@@H]2OCCC[C@@H]21. The summed E-state index contributed by atoms with van der Waals surface area (Å²) in [5.74, 6) is -0.300. The Balaban J connectivity index is 1.80. The molecular weight excluding hydrogens is 278 g/mol. The minimum atomic E-state index is -0.635. The van der Waals surface area contributed by atoms with E-state index >= 15 is 0 Å². The fourth-order valence-electron chi connectivity index (χ4n) is 2.85. The van der Waals surface area contributed by atoms with E-state index in [2.05, 4.69) is 0 Å². The lowest BCUT2D eigenvalue weighted by molar-refractivity contribution is -0.206. The highest BCUT2D eigenvalue weighted by molar-refractivity contribution is 6.01. The second-order valence-electron chi connectivity index (χ2n) is 5.19. The van der Waals surface area contributed by atoms with Crippen molar-refractivity contribution in [1.82, 2.24) is 4.90 Å². The number of rotatable bonds is 3. The highest BCUT2D eigenvalue weighted by Crippen LogP contribution is 2.34. The molecule has 7 nitrogen and oxygen atoms in total. The third-order valence-corrected chi connectivity index (χ3v) is 3.87. The summed E-state index contributed by atoms with van der Waals surface area (Å²) in [6, 6.07) is 0. The normalized spacial score (nSPS) is 32.0. The third-order valence-electron chi connectivity index (χ3n) is 3.87. The van der Waals surface area contributed by atoms with Crippen molar-refractivity contribution in [3.63, 3.8) is 0 Å². The summed E-state index contributed by atoms with van der Waals surface area (Å²) in [6.45, 7) is 3.51. The van der Waals surface area contributed by atoms with Crippen LogP contribution < -0.4 is 0 Å². The maximum absolute atomic E-state index is 12.4.